The third-order valence-corrected chi connectivity index (χ3v) is 4.98. The van der Waals surface area contributed by atoms with E-state index < -0.39 is 16.9 Å². The molecule has 2 N–H and O–H groups in total. The van der Waals surface area contributed by atoms with Gasteiger partial charge in [0.15, 0.2) is 0 Å². The molecule has 0 amide bonds. The average molecular weight is 400 g/mol. The van der Waals surface area contributed by atoms with Gasteiger partial charge in [0, 0.05) is 11.8 Å². The molecule has 0 saturated heterocycles. The molecule has 0 unspecified atom stereocenters. The number of rotatable bonds is 3. The first-order chi connectivity index (χ1) is 14.4. The number of H-pyrrole nitrogens is 2. The van der Waals surface area contributed by atoms with Crippen molar-refractivity contribution in [3.8, 4) is 11.8 Å². The molecular weight excluding hydrogens is 384 g/mol. The summed E-state index contributed by atoms with van der Waals surface area (Å²) in [4.78, 5) is 37.9. The molecule has 0 aliphatic rings. The minimum atomic E-state index is -0.820. The van der Waals surface area contributed by atoms with E-state index in [1.165, 1.54) is 0 Å². The van der Waals surface area contributed by atoms with Crippen LogP contribution in [0.1, 0.15) is 28.1 Å². The van der Waals surface area contributed by atoms with Crippen molar-refractivity contribution in [3.63, 3.8) is 0 Å². The molecule has 0 saturated carbocycles. The highest BCUT2D eigenvalue weighted by Crippen LogP contribution is 2.23. The summed E-state index contributed by atoms with van der Waals surface area (Å²) in [6, 6.07) is 12.5. The molecule has 2 aromatic carbocycles. The van der Waals surface area contributed by atoms with Crippen molar-refractivity contribution in [2.45, 2.75) is 20.3 Å². The van der Waals surface area contributed by atoms with Gasteiger partial charge in [-0.05, 0) is 48.7 Å². The number of nitrogens with zero attached hydrogens (tertiary/aromatic N) is 4. The molecule has 2 aromatic heterocycles. The lowest BCUT2D eigenvalue weighted by molar-refractivity contribution is 0.738. The Kier molecular flexibility index (Phi) is 4.60. The van der Waals surface area contributed by atoms with E-state index in [4.69, 9.17) is 5.26 Å². The van der Waals surface area contributed by atoms with Crippen LogP contribution in [0, 0.1) is 25.2 Å². The van der Waals surface area contributed by atoms with Crippen LogP contribution in [0.25, 0.3) is 16.5 Å². The number of benzene rings is 2. The minimum absolute atomic E-state index is 0.241. The van der Waals surface area contributed by atoms with Crippen LogP contribution in [0.4, 0.5) is 0 Å². The Hall–Kier alpha value is -4.32. The molecule has 0 aliphatic heterocycles. The molecule has 148 valence electrons. The average Bonchev–Trinajstić information content (AvgIpc) is 2.72. The highest BCUT2D eigenvalue weighted by Gasteiger charge is 2.14. The van der Waals surface area contributed by atoms with Gasteiger partial charge in [0.05, 0.1) is 16.8 Å². The zero-order chi connectivity index (χ0) is 21.4. The van der Waals surface area contributed by atoms with Gasteiger partial charge in [-0.2, -0.15) is 15.0 Å². The summed E-state index contributed by atoms with van der Waals surface area (Å²) in [7, 11) is 0. The quantitative estimate of drug-likeness (QED) is 0.531. The second-order valence-electron chi connectivity index (χ2n) is 6.91. The molecule has 0 bridgehead atoms. The van der Waals surface area contributed by atoms with E-state index in [2.05, 4.69) is 20.3 Å². The van der Waals surface area contributed by atoms with Crippen molar-refractivity contribution in [2.75, 3.05) is 0 Å². The summed E-state index contributed by atoms with van der Waals surface area (Å²) in [5.41, 5.74) is 1.73. The summed E-state index contributed by atoms with van der Waals surface area (Å²) in [6.45, 7) is 3.78. The highest BCUT2D eigenvalue weighted by atomic mass is 16.2. The summed E-state index contributed by atoms with van der Waals surface area (Å²) in [5.74, 6) is 0. The van der Waals surface area contributed by atoms with Gasteiger partial charge in [-0.3, -0.25) is 14.6 Å². The molecule has 0 aliphatic carbocycles. The fraction of sp³-hybridized carbons (Fsp3) is 0.143. The lowest BCUT2D eigenvalue weighted by atomic mass is 9.96. The Morgan fingerprint density at radius 2 is 1.70 bits per heavy atom. The Morgan fingerprint density at radius 1 is 1.03 bits per heavy atom. The molecule has 0 radical (unpaired) electrons. The molecule has 4 rings (SSSR count). The van der Waals surface area contributed by atoms with E-state index in [0.29, 0.717) is 17.5 Å². The SMILES string of the molecule is Cc1cc(-n2nc(C#N)c(=O)[nH]c2=O)cc(C)c1Cc1n[nH]c(=O)c2ccccc12. The lowest BCUT2D eigenvalue weighted by Gasteiger charge is -2.14. The molecule has 9 nitrogen and oxygen atoms in total. The summed E-state index contributed by atoms with van der Waals surface area (Å²) in [6.07, 6.45) is 0.479. The highest BCUT2D eigenvalue weighted by molar-refractivity contribution is 5.83. The maximum Gasteiger partial charge on any atom is 0.349 e. The predicted octanol–water partition coefficient (Wildman–Crippen LogP) is 1.24. The molecule has 0 atom stereocenters. The fourth-order valence-electron chi connectivity index (χ4n) is 3.49. The monoisotopic (exact) mass is 400 g/mol. The van der Waals surface area contributed by atoms with Gasteiger partial charge in [-0.15, -0.1) is 5.10 Å². The van der Waals surface area contributed by atoms with Crippen LogP contribution in [-0.2, 0) is 6.42 Å². The largest absolute Gasteiger partial charge is 0.349 e. The maximum absolute atomic E-state index is 12.2. The van der Waals surface area contributed by atoms with E-state index in [1.807, 2.05) is 26.0 Å². The van der Waals surface area contributed by atoms with E-state index in [0.717, 1.165) is 32.5 Å². The van der Waals surface area contributed by atoms with Crippen molar-refractivity contribution in [1.29, 1.82) is 5.26 Å². The Balaban J connectivity index is 1.82. The molecule has 0 fully saturated rings. The Morgan fingerprint density at radius 3 is 2.37 bits per heavy atom. The van der Waals surface area contributed by atoms with Gasteiger partial charge < -0.3 is 0 Å². The summed E-state index contributed by atoms with van der Waals surface area (Å²) in [5, 5.41) is 21.0. The van der Waals surface area contributed by atoms with Crippen LogP contribution in [-0.4, -0.2) is 25.0 Å². The molecule has 0 spiro atoms. The van der Waals surface area contributed by atoms with Crippen molar-refractivity contribution in [3.05, 3.63) is 95.7 Å². The third-order valence-electron chi connectivity index (χ3n) is 4.98. The first kappa shape index (κ1) is 19.0. The molecule has 30 heavy (non-hydrogen) atoms. The first-order valence-electron chi connectivity index (χ1n) is 9.09. The molecule has 9 heteroatoms. The number of aryl methyl sites for hydroxylation is 2. The normalized spacial score (nSPS) is 10.8. The van der Waals surface area contributed by atoms with Crippen LogP contribution in [0.5, 0.6) is 0 Å². The Bertz CT molecular complexity index is 1500. The summed E-state index contributed by atoms with van der Waals surface area (Å²) < 4.78 is 0.997. The molecular formula is C21H16N6O3. The fourth-order valence-corrected chi connectivity index (χ4v) is 3.49. The zero-order valence-electron chi connectivity index (χ0n) is 16.2. The third kappa shape index (κ3) is 3.20. The topological polar surface area (TPSA) is 137 Å². The van der Waals surface area contributed by atoms with Crippen molar-refractivity contribution in [2.24, 2.45) is 0 Å². The smallest absolute Gasteiger partial charge is 0.270 e. The number of hydrogen-bond acceptors (Lipinski definition) is 6. The van der Waals surface area contributed by atoms with E-state index in [-0.39, 0.29) is 5.56 Å². The van der Waals surface area contributed by atoms with Crippen molar-refractivity contribution < 1.29 is 0 Å². The van der Waals surface area contributed by atoms with Crippen LogP contribution in [0.2, 0.25) is 0 Å². The summed E-state index contributed by atoms with van der Waals surface area (Å²) >= 11 is 0. The van der Waals surface area contributed by atoms with Gasteiger partial charge >= 0.3 is 5.69 Å². The number of hydrogen-bond donors (Lipinski definition) is 2. The molecule has 2 heterocycles. The van der Waals surface area contributed by atoms with Gasteiger partial charge in [0.1, 0.15) is 6.07 Å². The number of fused-ring (bicyclic) bond motifs is 1. The van der Waals surface area contributed by atoms with E-state index in [9.17, 15) is 14.4 Å². The number of aromatic nitrogens is 5. The standard InChI is InChI=1S/C21H16N6O3/c1-11-7-13(27-21(30)23-20(29)18(10-22)26-27)8-12(2)16(11)9-17-14-5-3-4-6-15(14)19(28)25-24-17/h3-8H,9H2,1-2H3,(H,25,28)(H,23,29,30). The van der Waals surface area contributed by atoms with Crippen LogP contribution in [0.3, 0.4) is 0 Å². The minimum Gasteiger partial charge on any atom is -0.270 e. The van der Waals surface area contributed by atoms with E-state index >= 15 is 0 Å². The number of aromatic amines is 2. The maximum atomic E-state index is 12.2. The van der Waals surface area contributed by atoms with Crippen LogP contribution in [0.15, 0.2) is 50.8 Å². The lowest BCUT2D eigenvalue weighted by Crippen LogP contribution is -2.33. The predicted molar refractivity (Wildman–Crippen MR) is 110 cm³/mol. The second kappa shape index (κ2) is 7.25. The van der Waals surface area contributed by atoms with Gasteiger partial charge in [-0.25, -0.2) is 9.89 Å². The number of nitriles is 1. The second-order valence-corrected chi connectivity index (χ2v) is 6.91. The molecule has 4 aromatic rings. The van der Waals surface area contributed by atoms with Gasteiger partial charge in [0.2, 0.25) is 5.69 Å². The van der Waals surface area contributed by atoms with Gasteiger partial charge in [-0.1, -0.05) is 18.2 Å². The zero-order valence-corrected chi connectivity index (χ0v) is 16.2. The van der Waals surface area contributed by atoms with Crippen LogP contribution >= 0.6 is 0 Å². The van der Waals surface area contributed by atoms with Crippen molar-refractivity contribution >= 4 is 10.8 Å². The number of nitrogens with one attached hydrogen (secondary N) is 2. The van der Waals surface area contributed by atoms with Gasteiger partial charge in [0.25, 0.3) is 11.1 Å². The van der Waals surface area contributed by atoms with Crippen molar-refractivity contribution in [1.82, 2.24) is 25.0 Å². The van der Waals surface area contributed by atoms with E-state index in [1.54, 1.807) is 30.3 Å². The van der Waals surface area contributed by atoms with Crippen LogP contribution < -0.4 is 16.8 Å². The first-order valence-corrected chi connectivity index (χ1v) is 9.09. The Labute approximate surface area is 169 Å².